The second-order valence-electron chi connectivity index (χ2n) is 3.59. The fourth-order valence-corrected chi connectivity index (χ4v) is 1.77. The van der Waals surface area contributed by atoms with Gasteiger partial charge in [0.05, 0.1) is 5.75 Å². The maximum atomic E-state index is 11.3. The van der Waals surface area contributed by atoms with Crippen molar-refractivity contribution in [3.05, 3.63) is 32.6 Å². The molecule has 0 unspecified atom stereocenters. The third-order valence-corrected chi connectivity index (χ3v) is 3.09. The lowest BCUT2D eigenvalue weighted by atomic mass is 10.3. The van der Waals surface area contributed by atoms with Gasteiger partial charge in [0.2, 0.25) is 0 Å². The van der Waals surface area contributed by atoms with Gasteiger partial charge in [-0.05, 0) is 6.42 Å². The second-order valence-corrected chi connectivity index (χ2v) is 5.85. The van der Waals surface area contributed by atoms with Crippen LogP contribution in [0.2, 0.25) is 0 Å². The molecule has 1 N–H and O–H groups in total. The van der Waals surface area contributed by atoms with E-state index in [0.29, 0.717) is 12.0 Å². The van der Waals surface area contributed by atoms with E-state index in [1.807, 2.05) is 0 Å². The second kappa shape index (κ2) is 4.65. The van der Waals surface area contributed by atoms with Crippen molar-refractivity contribution in [3.8, 4) is 0 Å². The predicted octanol–water partition coefficient (Wildman–Crippen LogP) is -0.856. The Balaban J connectivity index is 3.06. The predicted molar refractivity (Wildman–Crippen MR) is 60.4 cm³/mol. The molecule has 0 amide bonds. The van der Waals surface area contributed by atoms with Crippen molar-refractivity contribution in [2.45, 2.75) is 19.9 Å². The molecule has 7 heteroatoms. The molecule has 0 aliphatic carbocycles. The summed E-state index contributed by atoms with van der Waals surface area (Å²) >= 11 is 0. The minimum Gasteiger partial charge on any atom is -0.299 e. The van der Waals surface area contributed by atoms with Gasteiger partial charge in [-0.1, -0.05) is 6.92 Å². The number of nitrogens with zero attached hydrogens (tertiary/aromatic N) is 1. The zero-order valence-electron chi connectivity index (χ0n) is 9.19. The average molecular weight is 246 g/mol. The van der Waals surface area contributed by atoms with E-state index in [9.17, 15) is 18.0 Å². The Morgan fingerprint density at radius 1 is 1.38 bits per heavy atom. The van der Waals surface area contributed by atoms with Gasteiger partial charge in [-0.2, -0.15) is 0 Å². The Morgan fingerprint density at radius 3 is 2.50 bits per heavy atom. The summed E-state index contributed by atoms with van der Waals surface area (Å²) in [4.78, 5) is 24.7. The highest BCUT2D eigenvalue weighted by molar-refractivity contribution is 7.90. The lowest BCUT2D eigenvalue weighted by molar-refractivity contribution is 0.590. The minimum atomic E-state index is -3.12. The topological polar surface area (TPSA) is 89.0 Å². The molecule has 0 saturated heterocycles. The van der Waals surface area contributed by atoms with Crippen LogP contribution in [0, 0.1) is 0 Å². The van der Waals surface area contributed by atoms with Crippen LogP contribution in [0.3, 0.4) is 0 Å². The third-order valence-electron chi connectivity index (χ3n) is 2.17. The first kappa shape index (κ1) is 12.7. The van der Waals surface area contributed by atoms with Crippen LogP contribution < -0.4 is 11.2 Å². The largest absolute Gasteiger partial charge is 0.328 e. The number of aromatic amines is 1. The van der Waals surface area contributed by atoms with E-state index in [2.05, 4.69) is 4.98 Å². The Morgan fingerprint density at radius 2 is 2.00 bits per heavy atom. The van der Waals surface area contributed by atoms with E-state index in [1.54, 1.807) is 6.92 Å². The van der Waals surface area contributed by atoms with Crippen LogP contribution in [0.4, 0.5) is 0 Å². The summed E-state index contributed by atoms with van der Waals surface area (Å²) in [5, 5.41) is 0. The van der Waals surface area contributed by atoms with Crippen molar-refractivity contribution in [3.63, 3.8) is 0 Å². The summed E-state index contributed by atoms with van der Waals surface area (Å²) in [7, 11) is -3.12. The van der Waals surface area contributed by atoms with Gasteiger partial charge in [-0.15, -0.1) is 0 Å². The van der Waals surface area contributed by atoms with Gasteiger partial charge in [0, 0.05) is 24.6 Å². The Hall–Kier alpha value is -1.37. The van der Waals surface area contributed by atoms with E-state index in [4.69, 9.17) is 0 Å². The molecule has 0 radical (unpaired) electrons. The molecule has 0 fully saturated rings. The maximum absolute atomic E-state index is 11.3. The van der Waals surface area contributed by atoms with Crippen LogP contribution in [0.25, 0.3) is 0 Å². The number of rotatable bonds is 4. The van der Waals surface area contributed by atoms with Crippen molar-refractivity contribution in [2.24, 2.45) is 0 Å². The van der Waals surface area contributed by atoms with Gasteiger partial charge in [0.25, 0.3) is 5.56 Å². The summed E-state index contributed by atoms with van der Waals surface area (Å²) in [6.45, 7) is 1.84. The van der Waals surface area contributed by atoms with Crippen molar-refractivity contribution >= 4 is 9.84 Å². The summed E-state index contributed by atoms with van der Waals surface area (Å²) < 4.78 is 23.1. The number of sulfone groups is 1. The molecule has 1 aromatic rings. The van der Waals surface area contributed by atoms with Crippen molar-refractivity contribution < 1.29 is 8.42 Å². The molecule has 0 aromatic carbocycles. The fraction of sp³-hybridized carbons (Fsp3) is 0.556. The normalized spacial score (nSPS) is 11.6. The zero-order chi connectivity index (χ0) is 12.3. The monoisotopic (exact) mass is 246 g/mol. The quantitative estimate of drug-likeness (QED) is 0.749. The molecule has 16 heavy (non-hydrogen) atoms. The van der Waals surface area contributed by atoms with Gasteiger partial charge in [-0.3, -0.25) is 14.3 Å². The van der Waals surface area contributed by atoms with Crippen LogP contribution in [-0.4, -0.2) is 30.0 Å². The lowest BCUT2D eigenvalue weighted by Crippen LogP contribution is -2.33. The highest BCUT2D eigenvalue weighted by Gasteiger charge is 2.06. The van der Waals surface area contributed by atoms with Gasteiger partial charge >= 0.3 is 5.69 Å². The molecule has 0 aliphatic rings. The van der Waals surface area contributed by atoms with Crippen molar-refractivity contribution in [1.82, 2.24) is 9.55 Å². The molecular formula is C9H14N2O4S. The standard InChI is InChI=1S/C9H14N2O4S/c1-3-7-6-11(4-5-16(2,14)15)9(13)10-8(7)12/h6H,3-5H2,1-2H3,(H,10,12,13). The van der Waals surface area contributed by atoms with Crippen LogP contribution in [0.1, 0.15) is 12.5 Å². The molecule has 0 atom stereocenters. The van der Waals surface area contributed by atoms with Crippen molar-refractivity contribution in [1.29, 1.82) is 0 Å². The lowest BCUT2D eigenvalue weighted by Gasteiger charge is -2.05. The number of hydrogen-bond donors (Lipinski definition) is 1. The number of H-pyrrole nitrogens is 1. The maximum Gasteiger partial charge on any atom is 0.328 e. The minimum absolute atomic E-state index is 0.0570. The Labute approximate surface area is 92.9 Å². The first-order valence-corrected chi connectivity index (χ1v) is 6.90. The summed E-state index contributed by atoms with van der Waals surface area (Å²) in [6, 6.07) is 0. The van der Waals surface area contributed by atoms with Crippen LogP contribution >= 0.6 is 0 Å². The Bertz CT molecular complexity index is 582. The summed E-state index contributed by atoms with van der Waals surface area (Å²) in [6.07, 6.45) is 3.01. The molecular weight excluding hydrogens is 232 g/mol. The number of nitrogens with one attached hydrogen (secondary N) is 1. The van der Waals surface area contributed by atoms with E-state index in [1.165, 1.54) is 10.8 Å². The molecule has 0 spiro atoms. The Kier molecular flexibility index (Phi) is 3.69. The fourth-order valence-electron chi connectivity index (χ4n) is 1.24. The van der Waals surface area contributed by atoms with Gasteiger partial charge in [-0.25, -0.2) is 13.2 Å². The van der Waals surface area contributed by atoms with Crippen LogP contribution in [0.5, 0.6) is 0 Å². The average Bonchev–Trinajstić information content (AvgIpc) is 2.15. The third kappa shape index (κ3) is 3.34. The highest BCUT2D eigenvalue weighted by atomic mass is 32.2. The van der Waals surface area contributed by atoms with E-state index in [0.717, 1.165) is 6.26 Å². The molecule has 1 aromatic heterocycles. The smallest absolute Gasteiger partial charge is 0.299 e. The van der Waals surface area contributed by atoms with E-state index < -0.39 is 21.1 Å². The first-order chi connectivity index (χ1) is 7.33. The highest BCUT2D eigenvalue weighted by Crippen LogP contribution is 1.91. The molecule has 1 heterocycles. The summed E-state index contributed by atoms with van der Waals surface area (Å²) in [5.41, 5.74) is -0.526. The zero-order valence-corrected chi connectivity index (χ0v) is 10.0. The van der Waals surface area contributed by atoms with E-state index in [-0.39, 0.29) is 12.3 Å². The van der Waals surface area contributed by atoms with E-state index >= 15 is 0 Å². The molecule has 0 bridgehead atoms. The number of aryl methyl sites for hydroxylation is 2. The SMILES string of the molecule is CCc1cn(CCS(C)(=O)=O)c(=O)[nH]c1=O. The molecule has 0 aliphatic heterocycles. The van der Waals surface area contributed by atoms with Crippen LogP contribution in [0.15, 0.2) is 15.8 Å². The number of aromatic nitrogens is 2. The molecule has 1 rings (SSSR count). The molecule has 6 nitrogen and oxygen atoms in total. The molecule has 90 valence electrons. The van der Waals surface area contributed by atoms with Crippen molar-refractivity contribution in [2.75, 3.05) is 12.0 Å². The molecule has 0 saturated carbocycles. The van der Waals surface area contributed by atoms with Gasteiger partial charge < -0.3 is 0 Å². The first-order valence-electron chi connectivity index (χ1n) is 4.84. The van der Waals surface area contributed by atoms with Gasteiger partial charge in [0.1, 0.15) is 9.84 Å². The van der Waals surface area contributed by atoms with Gasteiger partial charge in [0.15, 0.2) is 0 Å². The van der Waals surface area contributed by atoms with Crippen LogP contribution in [-0.2, 0) is 22.8 Å². The number of hydrogen-bond acceptors (Lipinski definition) is 4. The summed E-state index contributed by atoms with van der Waals surface area (Å²) in [5.74, 6) is -0.123.